The summed E-state index contributed by atoms with van der Waals surface area (Å²) in [7, 11) is -3.48. The van der Waals surface area contributed by atoms with Crippen LogP contribution in [0.4, 0.5) is 5.82 Å². The number of hydrogen-bond acceptors (Lipinski definition) is 7. The first-order chi connectivity index (χ1) is 16.6. The first-order valence-corrected chi connectivity index (χ1v) is 13.5. The van der Waals surface area contributed by atoms with Gasteiger partial charge < -0.3 is 15.4 Å². The van der Waals surface area contributed by atoms with Crippen LogP contribution in [0.3, 0.4) is 0 Å². The SMILES string of the molecule is CS(=O)(=O)c1ccc(C(CC2CCCC2)C(=O)Nc2cnc(Cc3[nH]c(=O)[nH]c3O)cn2)cc1Cl. The van der Waals surface area contributed by atoms with E-state index in [4.69, 9.17) is 11.6 Å². The molecule has 10 nitrogen and oxygen atoms in total. The molecule has 1 unspecified atom stereocenters. The van der Waals surface area contributed by atoms with Gasteiger partial charge in [-0.05, 0) is 30.0 Å². The Hall–Kier alpha value is -3.18. The molecule has 2 heterocycles. The van der Waals surface area contributed by atoms with Crippen LogP contribution in [0, 0.1) is 5.92 Å². The fourth-order valence-corrected chi connectivity index (χ4v) is 5.79. The second-order valence-electron chi connectivity index (χ2n) is 8.87. The van der Waals surface area contributed by atoms with Gasteiger partial charge in [0.2, 0.25) is 11.8 Å². The van der Waals surface area contributed by atoms with E-state index in [1.807, 2.05) is 0 Å². The fourth-order valence-electron chi connectivity index (χ4n) is 4.45. The first kappa shape index (κ1) is 24.9. The van der Waals surface area contributed by atoms with Crippen LogP contribution in [0.1, 0.15) is 55.0 Å². The predicted octanol–water partition coefficient (Wildman–Crippen LogP) is 3.15. The average molecular weight is 520 g/mol. The third kappa shape index (κ3) is 6.09. The number of aromatic hydroxyl groups is 1. The number of aromatic nitrogens is 4. The van der Waals surface area contributed by atoms with Crippen LogP contribution in [0.15, 0.2) is 40.3 Å². The van der Waals surface area contributed by atoms with Crippen molar-refractivity contribution in [2.24, 2.45) is 5.92 Å². The summed E-state index contributed by atoms with van der Waals surface area (Å²) in [5, 5.41) is 12.6. The highest BCUT2D eigenvalue weighted by molar-refractivity contribution is 7.90. The molecule has 1 saturated carbocycles. The van der Waals surface area contributed by atoms with E-state index >= 15 is 0 Å². The fraction of sp³-hybridized carbons (Fsp3) is 0.391. The van der Waals surface area contributed by atoms with Crippen molar-refractivity contribution in [1.82, 2.24) is 19.9 Å². The molecule has 35 heavy (non-hydrogen) atoms. The van der Waals surface area contributed by atoms with Gasteiger partial charge in [-0.3, -0.25) is 14.8 Å². The molecule has 4 rings (SSSR count). The summed E-state index contributed by atoms with van der Waals surface area (Å²) in [4.78, 5) is 37.8. The molecule has 0 radical (unpaired) electrons. The average Bonchev–Trinajstić information content (AvgIpc) is 3.41. The van der Waals surface area contributed by atoms with Crippen molar-refractivity contribution < 1.29 is 18.3 Å². The van der Waals surface area contributed by atoms with Gasteiger partial charge in [0.15, 0.2) is 15.7 Å². The highest BCUT2D eigenvalue weighted by Crippen LogP contribution is 2.36. The number of rotatable bonds is 8. The molecule has 1 atom stereocenters. The highest BCUT2D eigenvalue weighted by Gasteiger charge is 2.28. The Morgan fingerprint density at radius 3 is 2.54 bits per heavy atom. The zero-order chi connectivity index (χ0) is 25.2. The number of benzene rings is 1. The third-order valence-corrected chi connectivity index (χ3v) is 7.79. The Labute approximate surface area is 207 Å². The van der Waals surface area contributed by atoms with E-state index in [1.54, 1.807) is 12.1 Å². The van der Waals surface area contributed by atoms with Crippen molar-refractivity contribution in [2.75, 3.05) is 11.6 Å². The molecule has 186 valence electrons. The van der Waals surface area contributed by atoms with Crippen LogP contribution in [0.2, 0.25) is 5.02 Å². The van der Waals surface area contributed by atoms with E-state index in [0.29, 0.717) is 23.6 Å². The molecule has 12 heteroatoms. The second kappa shape index (κ2) is 10.2. The lowest BCUT2D eigenvalue weighted by atomic mass is 9.87. The monoisotopic (exact) mass is 519 g/mol. The molecule has 0 bridgehead atoms. The summed E-state index contributed by atoms with van der Waals surface area (Å²) in [6.45, 7) is 0. The summed E-state index contributed by atoms with van der Waals surface area (Å²) in [6.07, 6.45) is 9.05. The van der Waals surface area contributed by atoms with Crippen LogP contribution in [-0.4, -0.2) is 45.6 Å². The number of amides is 1. The minimum absolute atomic E-state index is 0.0270. The highest BCUT2D eigenvalue weighted by atomic mass is 35.5. The third-order valence-electron chi connectivity index (χ3n) is 6.21. The van der Waals surface area contributed by atoms with Crippen LogP contribution in [-0.2, 0) is 21.1 Å². The van der Waals surface area contributed by atoms with Gasteiger partial charge in [0.05, 0.1) is 39.6 Å². The summed E-state index contributed by atoms with van der Waals surface area (Å²) in [5.41, 5.74) is 0.891. The van der Waals surface area contributed by atoms with Crippen LogP contribution in [0.25, 0.3) is 0 Å². The molecule has 2 aromatic heterocycles. The number of nitrogens with one attached hydrogen (secondary N) is 3. The standard InChI is InChI=1S/C23H26ClN5O5S/c1-35(33,34)19-7-6-14(9-17(19)24)16(8-13-4-2-3-5-13)21(30)28-20-12-25-15(11-26-20)10-18-22(31)29-23(32)27-18/h6-7,9,11-13,16,31H,2-5,8,10H2,1H3,(H,26,28,30)(H2,27,29,32). The van der Waals surface area contributed by atoms with Crippen molar-refractivity contribution in [3.8, 4) is 5.88 Å². The van der Waals surface area contributed by atoms with Gasteiger partial charge in [-0.15, -0.1) is 0 Å². The number of anilines is 1. The number of imidazole rings is 1. The normalized spacial score (nSPS) is 15.3. The predicted molar refractivity (Wildman–Crippen MR) is 130 cm³/mol. The molecule has 0 spiro atoms. The van der Waals surface area contributed by atoms with Gasteiger partial charge in [0, 0.05) is 12.7 Å². The Kier molecular flexibility index (Phi) is 7.27. The van der Waals surface area contributed by atoms with Gasteiger partial charge in [0.1, 0.15) is 0 Å². The summed E-state index contributed by atoms with van der Waals surface area (Å²) < 4.78 is 23.9. The molecule has 0 saturated heterocycles. The van der Waals surface area contributed by atoms with E-state index in [0.717, 1.165) is 31.9 Å². The molecular weight excluding hydrogens is 494 g/mol. The van der Waals surface area contributed by atoms with Gasteiger partial charge in [-0.1, -0.05) is 43.4 Å². The minimum atomic E-state index is -3.48. The van der Waals surface area contributed by atoms with Crippen LogP contribution in [0.5, 0.6) is 5.88 Å². The second-order valence-corrected chi connectivity index (χ2v) is 11.3. The summed E-state index contributed by atoms with van der Waals surface area (Å²) >= 11 is 6.26. The van der Waals surface area contributed by atoms with E-state index in [-0.39, 0.29) is 39.6 Å². The van der Waals surface area contributed by atoms with Crippen molar-refractivity contribution >= 4 is 33.2 Å². The van der Waals surface area contributed by atoms with Crippen LogP contribution >= 0.6 is 11.6 Å². The number of nitrogens with zero attached hydrogens (tertiary/aromatic N) is 2. The summed E-state index contributed by atoms with van der Waals surface area (Å²) in [5.74, 6) is -0.434. The number of carbonyl (C=O) groups is 1. The molecule has 0 aliphatic heterocycles. The molecule has 1 fully saturated rings. The lowest BCUT2D eigenvalue weighted by Crippen LogP contribution is -2.24. The van der Waals surface area contributed by atoms with Gasteiger partial charge >= 0.3 is 5.69 Å². The Morgan fingerprint density at radius 1 is 1.23 bits per heavy atom. The van der Waals surface area contributed by atoms with Crippen molar-refractivity contribution in [3.05, 3.63) is 63.1 Å². The smallest absolute Gasteiger partial charge is 0.325 e. The lowest BCUT2D eigenvalue weighted by molar-refractivity contribution is -0.118. The maximum absolute atomic E-state index is 13.3. The van der Waals surface area contributed by atoms with Gasteiger partial charge in [0.25, 0.3) is 0 Å². The number of hydrogen-bond donors (Lipinski definition) is 4. The Bertz CT molecular complexity index is 1380. The Morgan fingerprint density at radius 2 is 1.97 bits per heavy atom. The lowest BCUT2D eigenvalue weighted by Gasteiger charge is -2.21. The van der Waals surface area contributed by atoms with Gasteiger partial charge in [-0.2, -0.15) is 0 Å². The molecule has 1 aromatic carbocycles. The molecule has 1 aliphatic carbocycles. The largest absolute Gasteiger partial charge is 0.493 e. The topological polar surface area (TPSA) is 158 Å². The van der Waals surface area contributed by atoms with Gasteiger partial charge in [-0.25, -0.2) is 18.2 Å². The van der Waals surface area contributed by atoms with Crippen LogP contribution < -0.4 is 11.0 Å². The van der Waals surface area contributed by atoms with Crippen molar-refractivity contribution in [2.45, 2.75) is 49.3 Å². The van der Waals surface area contributed by atoms with Crippen molar-refractivity contribution in [3.63, 3.8) is 0 Å². The van der Waals surface area contributed by atoms with E-state index in [9.17, 15) is 23.1 Å². The quantitative estimate of drug-likeness (QED) is 0.356. The van der Waals surface area contributed by atoms with Crippen molar-refractivity contribution in [1.29, 1.82) is 0 Å². The molecule has 1 amide bonds. The number of sulfone groups is 1. The number of carbonyl (C=O) groups excluding carboxylic acids is 1. The molecule has 4 N–H and O–H groups in total. The molecule has 1 aliphatic rings. The maximum atomic E-state index is 13.3. The van der Waals surface area contributed by atoms with E-state index in [1.165, 1.54) is 18.5 Å². The summed E-state index contributed by atoms with van der Waals surface area (Å²) in [6, 6.07) is 4.63. The Balaban J connectivity index is 1.52. The zero-order valence-electron chi connectivity index (χ0n) is 19.0. The molecule has 3 aromatic rings. The van der Waals surface area contributed by atoms with E-state index in [2.05, 4.69) is 25.3 Å². The number of aromatic amines is 2. The first-order valence-electron chi connectivity index (χ1n) is 11.2. The maximum Gasteiger partial charge on any atom is 0.325 e. The zero-order valence-corrected chi connectivity index (χ0v) is 20.6. The molecular formula is C23H26ClN5O5S. The number of halogens is 1. The number of H-pyrrole nitrogens is 2. The minimum Gasteiger partial charge on any atom is -0.493 e. The van der Waals surface area contributed by atoms with E-state index < -0.39 is 21.4 Å².